The molecule has 0 radical (unpaired) electrons. The molecule has 0 atom stereocenters. The van der Waals surface area contributed by atoms with Crippen LogP contribution in [-0.2, 0) is 17.9 Å². The monoisotopic (exact) mass is 290 g/mol. The molecule has 0 fully saturated rings. The molecule has 0 bridgehead atoms. The minimum absolute atomic E-state index is 0.219. The molecule has 21 heavy (non-hydrogen) atoms. The SMILES string of the molecule is CC(C)(C)OCc1cc(C(=O)NCc2ccncn2)no1. The van der Waals surface area contributed by atoms with Gasteiger partial charge >= 0.3 is 0 Å². The van der Waals surface area contributed by atoms with E-state index in [1.807, 2.05) is 20.8 Å². The number of hydrogen-bond acceptors (Lipinski definition) is 6. The maximum absolute atomic E-state index is 11.9. The average Bonchev–Trinajstić information content (AvgIpc) is 2.92. The Labute approximate surface area is 122 Å². The van der Waals surface area contributed by atoms with Gasteiger partial charge in [0.1, 0.15) is 12.9 Å². The van der Waals surface area contributed by atoms with Gasteiger partial charge in [0.15, 0.2) is 11.5 Å². The summed E-state index contributed by atoms with van der Waals surface area (Å²) in [6.45, 7) is 6.41. The van der Waals surface area contributed by atoms with Crippen LogP contribution in [-0.4, -0.2) is 26.6 Å². The van der Waals surface area contributed by atoms with Crippen molar-refractivity contribution >= 4 is 5.91 Å². The third kappa shape index (κ3) is 4.96. The van der Waals surface area contributed by atoms with Crippen molar-refractivity contribution in [1.29, 1.82) is 0 Å². The number of nitrogens with one attached hydrogen (secondary N) is 1. The molecule has 112 valence electrons. The fourth-order valence-corrected chi connectivity index (χ4v) is 1.46. The van der Waals surface area contributed by atoms with Gasteiger partial charge in [-0.05, 0) is 26.8 Å². The number of amides is 1. The van der Waals surface area contributed by atoms with E-state index < -0.39 is 0 Å². The smallest absolute Gasteiger partial charge is 0.273 e. The van der Waals surface area contributed by atoms with E-state index >= 15 is 0 Å². The zero-order valence-corrected chi connectivity index (χ0v) is 12.3. The molecule has 7 nitrogen and oxygen atoms in total. The molecule has 0 unspecified atom stereocenters. The predicted molar refractivity (Wildman–Crippen MR) is 74.2 cm³/mol. The Morgan fingerprint density at radius 3 is 2.90 bits per heavy atom. The lowest BCUT2D eigenvalue weighted by Gasteiger charge is -2.17. The van der Waals surface area contributed by atoms with Gasteiger partial charge in [-0.25, -0.2) is 9.97 Å². The van der Waals surface area contributed by atoms with Gasteiger partial charge in [-0.2, -0.15) is 0 Å². The highest BCUT2D eigenvalue weighted by Crippen LogP contribution is 2.12. The van der Waals surface area contributed by atoms with E-state index in [-0.39, 0.29) is 23.8 Å². The van der Waals surface area contributed by atoms with Crippen molar-refractivity contribution in [1.82, 2.24) is 20.4 Å². The van der Waals surface area contributed by atoms with Crippen LogP contribution in [0.25, 0.3) is 0 Å². The molecule has 2 aromatic rings. The molecular formula is C14H18N4O3. The zero-order chi connectivity index (χ0) is 15.3. The van der Waals surface area contributed by atoms with E-state index in [0.29, 0.717) is 12.3 Å². The molecule has 2 heterocycles. The minimum Gasteiger partial charge on any atom is -0.368 e. The first kappa shape index (κ1) is 15.1. The van der Waals surface area contributed by atoms with E-state index in [1.165, 1.54) is 6.33 Å². The third-order valence-electron chi connectivity index (χ3n) is 2.51. The summed E-state index contributed by atoms with van der Waals surface area (Å²) in [5.41, 5.74) is 0.664. The fraction of sp³-hybridized carbons (Fsp3) is 0.429. The van der Waals surface area contributed by atoms with Crippen LogP contribution in [0.4, 0.5) is 0 Å². The van der Waals surface area contributed by atoms with Crippen LogP contribution in [0, 0.1) is 0 Å². The summed E-state index contributed by atoms with van der Waals surface area (Å²) in [7, 11) is 0. The highest BCUT2D eigenvalue weighted by atomic mass is 16.5. The Kier molecular flexibility index (Phi) is 4.64. The summed E-state index contributed by atoms with van der Waals surface area (Å²) in [4.78, 5) is 19.7. The van der Waals surface area contributed by atoms with E-state index in [1.54, 1.807) is 18.3 Å². The van der Waals surface area contributed by atoms with Crippen molar-refractivity contribution in [2.24, 2.45) is 0 Å². The molecule has 0 aliphatic heterocycles. The van der Waals surface area contributed by atoms with Gasteiger partial charge in [0.05, 0.1) is 17.8 Å². The van der Waals surface area contributed by atoms with Gasteiger partial charge in [0.2, 0.25) is 0 Å². The number of rotatable bonds is 5. The van der Waals surface area contributed by atoms with Gasteiger partial charge in [0.25, 0.3) is 5.91 Å². The van der Waals surface area contributed by atoms with Crippen LogP contribution < -0.4 is 5.32 Å². The summed E-state index contributed by atoms with van der Waals surface area (Å²) in [5, 5.41) is 6.44. The van der Waals surface area contributed by atoms with Crippen molar-refractivity contribution in [2.75, 3.05) is 0 Å². The molecule has 0 saturated carbocycles. The van der Waals surface area contributed by atoms with Gasteiger partial charge in [-0.1, -0.05) is 5.16 Å². The van der Waals surface area contributed by atoms with Crippen molar-refractivity contribution in [2.45, 2.75) is 39.5 Å². The molecule has 0 spiro atoms. The molecule has 1 amide bonds. The van der Waals surface area contributed by atoms with Crippen LogP contribution in [0.15, 0.2) is 29.2 Å². The van der Waals surface area contributed by atoms with Crippen molar-refractivity contribution in [3.8, 4) is 0 Å². The minimum atomic E-state index is -0.320. The van der Waals surface area contributed by atoms with Crippen molar-refractivity contribution in [3.05, 3.63) is 41.8 Å². The summed E-state index contributed by atoms with van der Waals surface area (Å²) in [5.74, 6) is 0.191. The molecule has 0 saturated heterocycles. The van der Waals surface area contributed by atoms with Crippen LogP contribution in [0.1, 0.15) is 42.7 Å². The second-order valence-electron chi connectivity index (χ2n) is 5.46. The lowest BCUT2D eigenvalue weighted by atomic mass is 10.2. The standard InChI is InChI=1S/C14H18N4O3/c1-14(2,3)20-8-11-6-12(18-21-11)13(19)16-7-10-4-5-15-9-17-10/h4-6,9H,7-8H2,1-3H3,(H,16,19). The molecule has 0 aromatic carbocycles. The molecule has 1 N–H and O–H groups in total. The quantitative estimate of drug-likeness (QED) is 0.901. The Hall–Kier alpha value is -2.28. The molecule has 0 aliphatic rings. The first-order valence-corrected chi connectivity index (χ1v) is 6.57. The van der Waals surface area contributed by atoms with E-state index in [4.69, 9.17) is 9.26 Å². The summed E-state index contributed by atoms with van der Waals surface area (Å²) < 4.78 is 10.6. The van der Waals surface area contributed by atoms with Crippen LogP contribution in [0.3, 0.4) is 0 Å². The number of carbonyl (C=O) groups is 1. The van der Waals surface area contributed by atoms with Gasteiger partial charge < -0.3 is 14.6 Å². The van der Waals surface area contributed by atoms with E-state index in [2.05, 4.69) is 20.4 Å². The topological polar surface area (TPSA) is 90.1 Å². The average molecular weight is 290 g/mol. The van der Waals surface area contributed by atoms with E-state index in [0.717, 1.165) is 5.69 Å². The van der Waals surface area contributed by atoms with E-state index in [9.17, 15) is 4.79 Å². The van der Waals surface area contributed by atoms with Gasteiger partial charge in [-0.15, -0.1) is 0 Å². The lowest BCUT2D eigenvalue weighted by Crippen LogP contribution is -2.23. The molecule has 2 rings (SSSR count). The second kappa shape index (κ2) is 6.45. The van der Waals surface area contributed by atoms with Crippen LogP contribution in [0.2, 0.25) is 0 Å². The summed E-state index contributed by atoms with van der Waals surface area (Å²) in [6, 6.07) is 3.30. The number of hydrogen-bond donors (Lipinski definition) is 1. The molecule has 0 aliphatic carbocycles. The highest BCUT2D eigenvalue weighted by Gasteiger charge is 2.15. The Morgan fingerprint density at radius 1 is 1.43 bits per heavy atom. The van der Waals surface area contributed by atoms with Crippen LogP contribution in [0.5, 0.6) is 0 Å². The molecule has 7 heteroatoms. The molecular weight excluding hydrogens is 272 g/mol. The maximum Gasteiger partial charge on any atom is 0.273 e. The van der Waals surface area contributed by atoms with Gasteiger partial charge in [-0.3, -0.25) is 4.79 Å². The number of aromatic nitrogens is 3. The number of nitrogens with zero attached hydrogens (tertiary/aromatic N) is 3. The fourth-order valence-electron chi connectivity index (χ4n) is 1.46. The maximum atomic E-state index is 11.9. The van der Waals surface area contributed by atoms with Crippen molar-refractivity contribution < 1.29 is 14.1 Å². The zero-order valence-electron chi connectivity index (χ0n) is 12.3. The Morgan fingerprint density at radius 2 is 2.24 bits per heavy atom. The largest absolute Gasteiger partial charge is 0.368 e. The second-order valence-corrected chi connectivity index (χ2v) is 5.46. The first-order chi connectivity index (χ1) is 9.94. The summed E-state index contributed by atoms with van der Waals surface area (Å²) in [6.07, 6.45) is 3.05. The van der Waals surface area contributed by atoms with Crippen LogP contribution >= 0.6 is 0 Å². The third-order valence-corrected chi connectivity index (χ3v) is 2.51. The molecule has 2 aromatic heterocycles. The summed E-state index contributed by atoms with van der Waals surface area (Å²) >= 11 is 0. The normalized spacial score (nSPS) is 11.4. The Balaban J connectivity index is 1.87. The Bertz CT molecular complexity index is 590. The highest BCUT2D eigenvalue weighted by molar-refractivity contribution is 5.92. The van der Waals surface area contributed by atoms with Crippen molar-refractivity contribution in [3.63, 3.8) is 0 Å². The lowest BCUT2D eigenvalue weighted by molar-refractivity contribution is -0.0241. The number of carbonyl (C=O) groups excluding carboxylic acids is 1. The first-order valence-electron chi connectivity index (χ1n) is 6.57. The predicted octanol–water partition coefficient (Wildman–Crippen LogP) is 1.71. The van der Waals surface area contributed by atoms with Gasteiger partial charge in [0, 0.05) is 12.3 Å². The number of ether oxygens (including phenoxy) is 1.